The molecule has 2 N–H and O–H groups in total. The van der Waals surface area contributed by atoms with Crippen molar-refractivity contribution in [2.75, 3.05) is 12.3 Å². The number of nitrogen functional groups attached to an aromatic ring is 1. The smallest absolute Gasteiger partial charge is 0.348 e. The van der Waals surface area contributed by atoms with Crippen LogP contribution < -0.4 is 5.73 Å². The molecule has 1 aromatic heterocycles. The minimum atomic E-state index is -0.635. The molecular weight excluding hydrogens is 404 g/mol. The molecule has 146 valence electrons. The molecule has 0 aliphatic rings. The van der Waals surface area contributed by atoms with E-state index in [0.717, 1.165) is 11.3 Å². The molecule has 0 radical (unpaired) electrons. The lowest BCUT2D eigenvalue weighted by atomic mass is 10.1. The van der Waals surface area contributed by atoms with E-state index < -0.39 is 11.9 Å². The number of thiophene rings is 1. The molecule has 0 bridgehead atoms. The van der Waals surface area contributed by atoms with Crippen molar-refractivity contribution >= 4 is 45.7 Å². The molecule has 0 fully saturated rings. The second-order valence-corrected chi connectivity index (χ2v) is 7.06. The number of carbonyl (C=O) groups is 3. The van der Waals surface area contributed by atoms with Crippen LogP contribution in [0.25, 0.3) is 0 Å². The maximum atomic E-state index is 12.1. The maximum absolute atomic E-state index is 12.1. The van der Waals surface area contributed by atoms with Crippen LogP contribution in [0.15, 0.2) is 24.3 Å². The second-order valence-electron chi connectivity index (χ2n) is 5.57. The van der Waals surface area contributed by atoms with Gasteiger partial charge in [-0.25, -0.2) is 4.79 Å². The minimum Gasteiger partial charge on any atom is -0.462 e. The first-order valence-corrected chi connectivity index (χ1v) is 9.49. The summed E-state index contributed by atoms with van der Waals surface area (Å²) >= 11 is 6.68. The third-order valence-electron chi connectivity index (χ3n) is 3.71. The van der Waals surface area contributed by atoms with Crippen molar-refractivity contribution in [3.63, 3.8) is 0 Å². The molecule has 7 nitrogen and oxygen atoms in total. The highest BCUT2D eigenvalue weighted by Gasteiger charge is 2.24. The Kier molecular flexibility index (Phi) is 7.55. The molecule has 1 aromatic carbocycles. The zero-order valence-electron chi connectivity index (χ0n) is 15.0. The summed E-state index contributed by atoms with van der Waals surface area (Å²) in [6, 6.07) is 8.24. The first-order chi connectivity index (χ1) is 13.4. The van der Waals surface area contributed by atoms with Gasteiger partial charge in [0, 0.05) is 22.6 Å². The summed E-state index contributed by atoms with van der Waals surface area (Å²) in [5.41, 5.74) is 6.49. The molecule has 2 aromatic rings. The van der Waals surface area contributed by atoms with Crippen LogP contribution >= 0.6 is 22.9 Å². The number of nitrogens with two attached hydrogens (primary N) is 1. The maximum Gasteiger partial charge on any atom is 0.348 e. The predicted molar refractivity (Wildman–Crippen MR) is 104 cm³/mol. The van der Waals surface area contributed by atoms with Crippen LogP contribution in [-0.4, -0.2) is 24.3 Å². The van der Waals surface area contributed by atoms with E-state index in [0.29, 0.717) is 10.6 Å². The van der Waals surface area contributed by atoms with Crippen molar-refractivity contribution in [3.05, 3.63) is 50.9 Å². The van der Waals surface area contributed by atoms with E-state index in [9.17, 15) is 19.6 Å². The van der Waals surface area contributed by atoms with E-state index in [1.54, 1.807) is 31.2 Å². The average molecular weight is 421 g/mol. The molecule has 0 saturated carbocycles. The number of ether oxygens (including phenoxy) is 2. The van der Waals surface area contributed by atoms with Crippen LogP contribution in [0.3, 0.4) is 0 Å². The molecule has 0 saturated heterocycles. The molecule has 0 unspecified atom stereocenters. The first kappa shape index (κ1) is 21.4. The van der Waals surface area contributed by atoms with Gasteiger partial charge in [0.05, 0.1) is 18.6 Å². The van der Waals surface area contributed by atoms with Crippen LogP contribution in [0.5, 0.6) is 0 Å². The number of esters is 2. The van der Waals surface area contributed by atoms with E-state index in [2.05, 4.69) is 0 Å². The molecule has 0 spiro atoms. The SMILES string of the molecule is CCOC(=O)c1sc(N)c(C#N)c1COC(=O)CCC(=O)c1ccc(Cl)cc1. The fraction of sp³-hybridized carbons (Fsp3) is 0.263. The van der Waals surface area contributed by atoms with Crippen molar-refractivity contribution in [2.45, 2.75) is 26.4 Å². The van der Waals surface area contributed by atoms with Crippen molar-refractivity contribution in [2.24, 2.45) is 0 Å². The van der Waals surface area contributed by atoms with Crippen LogP contribution in [0.2, 0.25) is 5.02 Å². The number of halogens is 1. The summed E-state index contributed by atoms with van der Waals surface area (Å²) in [4.78, 5) is 36.2. The highest BCUT2D eigenvalue weighted by molar-refractivity contribution is 7.18. The number of Topliss-reactive ketones (excluding diaryl/α,β-unsaturated/α-hetero) is 1. The van der Waals surface area contributed by atoms with E-state index in [4.69, 9.17) is 26.8 Å². The molecule has 2 rings (SSSR count). The summed E-state index contributed by atoms with van der Waals surface area (Å²) in [7, 11) is 0. The number of benzene rings is 1. The summed E-state index contributed by atoms with van der Waals surface area (Å²) in [5.74, 6) is -1.49. The monoisotopic (exact) mass is 420 g/mol. The number of carbonyl (C=O) groups excluding carboxylic acids is 3. The van der Waals surface area contributed by atoms with Gasteiger partial charge in [0.15, 0.2) is 5.78 Å². The lowest BCUT2D eigenvalue weighted by Crippen LogP contribution is -2.11. The van der Waals surface area contributed by atoms with Gasteiger partial charge in [-0.1, -0.05) is 11.6 Å². The zero-order valence-corrected chi connectivity index (χ0v) is 16.6. The highest BCUT2D eigenvalue weighted by Crippen LogP contribution is 2.32. The van der Waals surface area contributed by atoms with Gasteiger partial charge in [0.1, 0.15) is 22.6 Å². The Morgan fingerprint density at radius 1 is 1.18 bits per heavy atom. The summed E-state index contributed by atoms with van der Waals surface area (Å²) in [5, 5.41) is 9.90. The predicted octanol–water partition coefficient (Wildman–Crippen LogP) is 3.74. The fourth-order valence-electron chi connectivity index (χ4n) is 2.33. The van der Waals surface area contributed by atoms with Crippen LogP contribution in [-0.2, 0) is 20.9 Å². The lowest BCUT2D eigenvalue weighted by molar-refractivity contribution is -0.144. The van der Waals surface area contributed by atoms with Gasteiger partial charge in [-0.15, -0.1) is 11.3 Å². The quantitative estimate of drug-likeness (QED) is 0.510. The summed E-state index contributed by atoms with van der Waals surface area (Å²) in [6.07, 6.45) is -0.181. The molecule has 9 heteroatoms. The zero-order chi connectivity index (χ0) is 20.7. The Balaban J connectivity index is 1.98. The molecular formula is C19H17ClN2O5S. The number of ketones is 1. The van der Waals surface area contributed by atoms with Gasteiger partial charge in [-0.05, 0) is 31.2 Å². The Hall–Kier alpha value is -2.89. The molecule has 0 aliphatic carbocycles. The Bertz CT molecular complexity index is 931. The number of rotatable bonds is 8. The third kappa shape index (κ3) is 5.31. The van der Waals surface area contributed by atoms with Gasteiger partial charge in [-0.3, -0.25) is 9.59 Å². The minimum absolute atomic E-state index is 0.0396. The largest absolute Gasteiger partial charge is 0.462 e. The molecule has 0 aliphatic heterocycles. The van der Waals surface area contributed by atoms with Crippen LogP contribution in [0.1, 0.15) is 50.9 Å². The Labute approximate surface area is 170 Å². The van der Waals surface area contributed by atoms with E-state index in [1.807, 2.05) is 6.07 Å². The summed E-state index contributed by atoms with van der Waals surface area (Å²) < 4.78 is 10.1. The van der Waals surface area contributed by atoms with E-state index >= 15 is 0 Å². The molecule has 0 amide bonds. The third-order valence-corrected chi connectivity index (χ3v) is 5.00. The van der Waals surface area contributed by atoms with Gasteiger partial charge in [-0.2, -0.15) is 5.26 Å². The number of anilines is 1. The number of hydrogen-bond acceptors (Lipinski definition) is 8. The normalized spacial score (nSPS) is 10.2. The highest BCUT2D eigenvalue weighted by atomic mass is 35.5. The van der Waals surface area contributed by atoms with Crippen LogP contribution in [0.4, 0.5) is 5.00 Å². The van der Waals surface area contributed by atoms with Gasteiger partial charge < -0.3 is 15.2 Å². The van der Waals surface area contributed by atoms with Crippen molar-refractivity contribution in [3.8, 4) is 6.07 Å². The van der Waals surface area contributed by atoms with Crippen molar-refractivity contribution in [1.82, 2.24) is 0 Å². The van der Waals surface area contributed by atoms with Crippen molar-refractivity contribution in [1.29, 1.82) is 5.26 Å². The van der Waals surface area contributed by atoms with Gasteiger partial charge in [0.2, 0.25) is 0 Å². The summed E-state index contributed by atoms with van der Waals surface area (Å²) in [6.45, 7) is 1.50. The standard InChI is InChI=1S/C19H17ClN2O5S/c1-2-26-19(25)17-14(13(9-21)18(22)28-17)10-27-16(24)8-7-15(23)11-3-5-12(20)6-4-11/h3-6H,2,7-8,10,22H2,1H3. The topological polar surface area (TPSA) is 119 Å². The van der Waals surface area contributed by atoms with E-state index in [-0.39, 0.29) is 52.8 Å². The second kappa shape index (κ2) is 9.88. The van der Waals surface area contributed by atoms with Crippen molar-refractivity contribution < 1.29 is 23.9 Å². The molecule has 0 atom stereocenters. The van der Waals surface area contributed by atoms with E-state index in [1.165, 1.54) is 0 Å². The Morgan fingerprint density at radius 2 is 1.86 bits per heavy atom. The van der Waals surface area contributed by atoms with Gasteiger partial charge in [0.25, 0.3) is 0 Å². The van der Waals surface area contributed by atoms with Crippen LogP contribution in [0, 0.1) is 11.3 Å². The average Bonchev–Trinajstić information content (AvgIpc) is 3.00. The fourth-order valence-corrected chi connectivity index (χ4v) is 3.37. The molecule has 28 heavy (non-hydrogen) atoms. The number of nitrogens with zero attached hydrogens (tertiary/aromatic N) is 1. The van der Waals surface area contributed by atoms with Gasteiger partial charge >= 0.3 is 11.9 Å². The molecule has 1 heterocycles. The Morgan fingerprint density at radius 3 is 2.46 bits per heavy atom. The number of nitriles is 1. The first-order valence-electron chi connectivity index (χ1n) is 8.30. The lowest BCUT2D eigenvalue weighted by Gasteiger charge is -2.07. The number of hydrogen-bond donors (Lipinski definition) is 1.